The molecule has 2 aliphatic rings. The van der Waals surface area contributed by atoms with Crippen LogP contribution in [-0.2, 0) is 84.5 Å². The van der Waals surface area contributed by atoms with Gasteiger partial charge in [-0.25, -0.2) is 6.08 Å². The minimum absolute atomic E-state index is 0. The second kappa shape index (κ2) is 11.6. The largest absolute Gasteiger partial charge is 0.487 e. The Morgan fingerprint density at radius 1 is 1.28 bits per heavy atom. The molecule has 4 nitrogen and oxygen atoms in total. The molecule has 18 heavy (non-hydrogen) atoms. The van der Waals surface area contributed by atoms with E-state index in [2.05, 4.69) is 6.08 Å². The van der Waals surface area contributed by atoms with Crippen LogP contribution in [0.1, 0.15) is 33.1 Å². The maximum absolute atomic E-state index is 10.3. The number of cyclic esters (lactones) is 2. The number of carbonyl (C=O) groups is 2. The van der Waals surface area contributed by atoms with E-state index in [0.717, 1.165) is 19.3 Å². The maximum atomic E-state index is 10.3. The van der Waals surface area contributed by atoms with Crippen molar-refractivity contribution < 1.29 is 84.5 Å². The molecule has 2 rings (SSSR count). The van der Waals surface area contributed by atoms with Gasteiger partial charge in [0.2, 0.25) is 0 Å². The van der Waals surface area contributed by atoms with Crippen LogP contribution < -0.4 is 0 Å². The average molecular weight is 402 g/mol. The predicted octanol–water partition coefficient (Wildman–Crippen LogP) is 1.59. The van der Waals surface area contributed by atoms with Gasteiger partial charge in [-0.15, -0.1) is 6.42 Å². The summed E-state index contributed by atoms with van der Waals surface area (Å²) in [6.45, 7) is 3.97. The second-order valence-electron chi connectivity index (χ2n) is 3.57. The SMILES string of the molecule is CCC1C=[C-]C(=O)O1.CCC1C[CH-]C(=O)O1.[Y].[Y]. The van der Waals surface area contributed by atoms with Crippen LogP contribution in [0.2, 0.25) is 0 Å². The molecule has 0 N–H and O–H groups in total. The molecule has 2 unspecified atom stereocenters. The van der Waals surface area contributed by atoms with E-state index < -0.39 is 0 Å². The Labute approximate surface area is 158 Å². The van der Waals surface area contributed by atoms with Crippen molar-refractivity contribution in [3.05, 3.63) is 18.6 Å². The second-order valence-corrected chi connectivity index (χ2v) is 3.57. The van der Waals surface area contributed by atoms with Gasteiger partial charge in [-0.2, -0.15) is 0 Å². The number of hydrogen-bond acceptors (Lipinski definition) is 4. The van der Waals surface area contributed by atoms with E-state index in [1.807, 2.05) is 13.8 Å². The molecule has 0 aromatic carbocycles. The molecule has 0 amide bonds. The fourth-order valence-corrected chi connectivity index (χ4v) is 1.31. The Balaban J connectivity index is 0. The van der Waals surface area contributed by atoms with Gasteiger partial charge in [0.15, 0.2) is 5.97 Å². The van der Waals surface area contributed by atoms with Gasteiger partial charge in [-0.1, -0.05) is 13.8 Å². The molecule has 2 heterocycles. The van der Waals surface area contributed by atoms with E-state index in [0.29, 0.717) is 0 Å². The third kappa shape index (κ3) is 8.03. The molecule has 0 spiro atoms. The third-order valence-electron chi connectivity index (χ3n) is 2.33. The van der Waals surface area contributed by atoms with Crippen LogP contribution in [-0.4, -0.2) is 24.1 Å². The molecule has 2 aliphatic heterocycles. The minimum atomic E-state index is -0.336. The van der Waals surface area contributed by atoms with Gasteiger partial charge >= 0.3 is 0 Å². The zero-order valence-corrected chi connectivity index (χ0v) is 16.4. The molecule has 2 radical (unpaired) electrons. The summed E-state index contributed by atoms with van der Waals surface area (Å²) >= 11 is 0. The quantitative estimate of drug-likeness (QED) is 0.520. The van der Waals surface area contributed by atoms with Crippen LogP contribution in [0.4, 0.5) is 0 Å². The Bertz CT molecular complexity index is 292. The maximum Gasteiger partial charge on any atom is 0.167 e. The average Bonchev–Trinajstić information content (AvgIpc) is 2.88. The standard InChI is InChI=1S/C6H9O2.C6H7O2.2Y/c2*1-2-5-3-4-6(7)8-5;;/h4-5H,2-3H2,1H3;3,5H,2H2,1H3;;/q2*-1;;. The monoisotopic (exact) mass is 402 g/mol. The van der Waals surface area contributed by atoms with Crippen molar-refractivity contribution >= 4 is 11.9 Å². The van der Waals surface area contributed by atoms with E-state index in [-0.39, 0.29) is 89.6 Å². The molecule has 2 atom stereocenters. The van der Waals surface area contributed by atoms with Crippen molar-refractivity contribution in [2.75, 3.05) is 0 Å². The number of hydrogen-bond donors (Lipinski definition) is 0. The summed E-state index contributed by atoms with van der Waals surface area (Å²) < 4.78 is 9.52. The molecule has 0 aromatic heterocycles. The van der Waals surface area contributed by atoms with E-state index in [4.69, 9.17) is 9.47 Å². The van der Waals surface area contributed by atoms with Crippen molar-refractivity contribution in [2.45, 2.75) is 45.3 Å². The van der Waals surface area contributed by atoms with E-state index in [1.54, 1.807) is 12.5 Å². The van der Waals surface area contributed by atoms with Crippen LogP contribution >= 0.6 is 0 Å². The number of ether oxygens (including phenoxy) is 2. The van der Waals surface area contributed by atoms with Gasteiger partial charge < -0.3 is 15.5 Å². The molecule has 1 fully saturated rings. The zero-order chi connectivity index (χ0) is 12.0. The summed E-state index contributed by atoms with van der Waals surface area (Å²) in [6, 6.07) is 0. The molecule has 96 valence electrons. The molecule has 0 aliphatic carbocycles. The van der Waals surface area contributed by atoms with Gasteiger partial charge in [0, 0.05) is 65.4 Å². The van der Waals surface area contributed by atoms with Crippen LogP contribution in [0.3, 0.4) is 0 Å². The Morgan fingerprint density at radius 2 is 1.94 bits per heavy atom. The van der Waals surface area contributed by atoms with Crippen molar-refractivity contribution in [1.82, 2.24) is 0 Å². The predicted molar refractivity (Wildman–Crippen MR) is 57.1 cm³/mol. The molecular weight excluding hydrogens is 386 g/mol. The number of carbonyl (C=O) groups excluding carboxylic acids is 2. The fraction of sp³-hybridized carbons (Fsp3) is 0.583. The fourth-order valence-electron chi connectivity index (χ4n) is 1.31. The van der Waals surface area contributed by atoms with Gasteiger partial charge in [-0.05, 0) is 12.8 Å². The van der Waals surface area contributed by atoms with Crippen LogP contribution in [0.5, 0.6) is 0 Å². The Hall–Kier alpha value is 0.758. The van der Waals surface area contributed by atoms with Crippen molar-refractivity contribution in [3.8, 4) is 0 Å². The van der Waals surface area contributed by atoms with E-state index in [9.17, 15) is 9.59 Å². The van der Waals surface area contributed by atoms with Gasteiger partial charge in [0.25, 0.3) is 0 Å². The summed E-state index contributed by atoms with van der Waals surface area (Å²) in [6.07, 6.45) is 8.42. The molecule has 0 aromatic rings. The van der Waals surface area contributed by atoms with Crippen LogP contribution in [0.15, 0.2) is 6.08 Å². The Kier molecular flexibility index (Phi) is 13.5. The summed E-state index contributed by atoms with van der Waals surface area (Å²) in [4.78, 5) is 20.6. The topological polar surface area (TPSA) is 52.6 Å². The zero-order valence-electron chi connectivity index (χ0n) is 10.7. The molecule has 1 saturated heterocycles. The number of rotatable bonds is 2. The van der Waals surface area contributed by atoms with Gasteiger partial charge in [0.05, 0.1) is 12.2 Å². The smallest absolute Gasteiger partial charge is 0.167 e. The summed E-state index contributed by atoms with van der Waals surface area (Å²) in [5, 5.41) is 0. The molecule has 6 heteroatoms. The first-order chi connectivity index (χ1) is 7.65. The van der Waals surface area contributed by atoms with Gasteiger partial charge in [0.1, 0.15) is 5.97 Å². The van der Waals surface area contributed by atoms with Crippen molar-refractivity contribution in [2.24, 2.45) is 0 Å². The molecule has 0 saturated carbocycles. The third-order valence-corrected chi connectivity index (χ3v) is 2.33. The summed E-state index contributed by atoms with van der Waals surface area (Å²) in [5.41, 5.74) is 0. The normalized spacial score (nSPS) is 23.7. The molecule has 0 bridgehead atoms. The number of esters is 2. The first-order valence-corrected chi connectivity index (χ1v) is 5.50. The van der Waals surface area contributed by atoms with Crippen molar-refractivity contribution in [3.63, 3.8) is 0 Å². The van der Waals surface area contributed by atoms with Crippen LogP contribution in [0, 0.1) is 12.5 Å². The minimum Gasteiger partial charge on any atom is -0.487 e. The van der Waals surface area contributed by atoms with Crippen LogP contribution in [0.25, 0.3) is 0 Å². The van der Waals surface area contributed by atoms with E-state index in [1.165, 1.54) is 0 Å². The molecular formula is C12H16O4Y2-2. The summed E-state index contributed by atoms with van der Waals surface area (Å²) in [5.74, 6) is -0.492. The first kappa shape index (κ1) is 21.1. The Morgan fingerprint density at radius 3 is 2.17 bits per heavy atom. The first-order valence-electron chi connectivity index (χ1n) is 5.50. The van der Waals surface area contributed by atoms with Gasteiger partial charge in [-0.3, -0.25) is 16.0 Å². The van der Waals surface area contributed by atoms with E-state index >= 15 is 0 Å². The summed E-state index contributed by atoms with van der Waals surface area (Å²) in [7, 11) is 0. The van der Waals surface area contributed by atoms with Crippen molar-refractivity contribution in [1.29, 1.82) is 0 Å².